The van der Waals surface area contributed by atoms with Crippen LogP contribution in [0.4, 0.5) is 37.6 Å². The lowest BCUT2D eigenvalue weighted by Crippen LogP contribution is -2.47. The van der Waals surface area contributed by atoms with Crippen LogP contribution in [0.25, 0.3) is 10.9 Å². The predicted molar refractivity (Wildman–Crippen MR) is 121 cm³/mol. The van der Waals surface area contributed by atoms with Crippen LogP contribution in [0.5, 0.6) is 0 Å². The van der Waals surface area contributed by atoms with E-state index in [9.17, 15) is 36.2 Å². The molecule has 2 aromatic rings. The van der Waals surface area contributed by atoms with Crippen LogP contribution < -0.4 is 21.4 Å². The minimum Gasteiger partial charge on any atom is -0.474 e. The molecule has 198 valence electrons. The number of hydrogen-bond donors (Lipinski definition) is 2. The maximum atomic E-state index is 15.7. The summed E-state index contributed by atoms with van der Waals surface area (Å²) >= 11 is 0. The topological polar surface area (TPSA) is 107 Å². The SMILES string of the molecule is Cc1c(N2C[C@@H](NC(=O)C(F)(F)F)C3(CC3)C2)c(F)c(N)c2c(=O)c(C(=O)OB(F)F)cn(C3CC3)c12. The Bertz CT molecular complexity index is 1390. The molecule has 1 aromatic carbocycles. The van der Waals surface area contributed by atoms with Gasteiger partial charge in [-0.1, -0.05) is 0 Å². The molecule has 37 heavy (non-hydrogen) atoms. The van der Waals surface area contributed by atoms with Crippen LogP contribution in [-0.2, 0) is 9.45 Å². The molecule has 15 heteroatoms. The molecule has 1 saturated heterocycles. The predicted octanol–water partition coefficient (Wildman–Crippen LogP) is 3.09. The quantitative estimate of drug-likeness (QED) is 0.350. The number of carbonyl (C=O) groups excluding carboxylic acids is 2. The molecule has 0 radical (unpaired) electrons. The summed E-state index contributed by atoms with van der Waals surface area (Å²) in [6.45, 7) is 1.55. The molecular formula is C22H21BF6N4O4. The second-order valence-corrected chi connectivity index (χ2v) is 9.87. The van der Waals surface area contributed by atoms with E-state index in [2.05, 4.69) is 4.65 Å². The van der Waals surface area contributed by atoms with Crippen molar-refractivity contribution in [2.45, 2.75) is 50.9 Å². The minimum absolute atomic E-state index is 0.0308. The van der Waals surface area contributed by atoms with Gasteiger partial charge >= 0.3 is 25.5 Å². The Balaban J connectivity index is 1.62. The summed E-state index contributed by atoms with van der Waals surface area (Å²) < 4.78 is 85.0. The number of anilines is 2. The summed E-state index contributed by atoms with van der Waals surface area (Å²) in [5, 5.41) is 1.65. The molecule has 3 aliphatic rings. The molecule has 2 saturated carbocycles. The van der Waals surface area contributed by atoms with Gasteiger partial charge in [0, 0.05) is 30.7 Å². The fourth-order valence-corrected chi connectivity index (χ4v) is 5.33. The number of nitrogen functional groups attached to an aromatic ring is 1. The first-order chi connectivity index (χ1) is 17.2. The molecule has 1 aliphatic heterocycles. The molecule has 1 aromatic heterocycles. The Labute approximate surface area is 205 Å². The molecule has 2 heterocycles. The van der Waals surface area contributed by atoms with Gasteiger partial charge in [0.2, 0.25) is 5.43 Å². The number of amides is 1. The van der Waals surface area contributed by atoms with Crippen molar-refractivity contribution in [3.63, 3.8) is 0 Å². The van der Waals surface area contributed by atoms with Gasteiger partial charge in [0.1, 0.15) is 5.56 Å². The molecular weight excluding hydrogens is 509 g/mol. The fourth-order valence-electron chi connectivity index (χ4n) is 5.33. The highest BCUT2D eigenvalue weighted by molar-refractivity contribution is 6.38. The van der Waals surface area contributed by atoms with E-state index < -0.39 is 59.5 Å². The summed E-state index contributed by atoms with van der Waals surface area (Å²) in [5.74, 6) is -4.68. The maximum Gasteiger partial charge on any atom is 0.798 e. The number of carbonyl (C=O) groups is 2. The highest BCUT2D eigenvalue weighted by atomic mass is 19.4. The summed E-state index contributed by atoms with van der Waals surface area (Å²) in [6, 6.07) is -1.08. The average molecular weight is 530 g/mol. The lowest BCUT2D eigenvalue weighted by atomic mass is 10.0. The molecule has 0 unspecified atom stereocenters. The van der Waals surface area contributed by atoms with Crippen LogP contribution in [-0.4, -0.2) is 49.2 Å². The van der Waals surface area contributed by atoms with Crippen molar-refractivity contribution in [2.75, 3.05) is 23.7 Å². The van der Waals surface area contributed by atoms with E-state index in [1.165, 1.54) is 16.4 Å². The number of pyridine rings is 1. The number of aryl methyl sites for hydroxylation is 1. The third kappa shape index (κ3) is 4.17. The number of nitrogens with one attached hydrogen (secondary N) is 1. The van der Waals surface area contributed by atoms with Gasteiger partial charge in [0.05, 0.1) is 28.3 Å². The molecule has 3 fully saturated rings. The first-order valence-electron chi connectivity index (χ1n) is 11.5. The van der Waals surface area contributed by atoms with Gasteiger partial charge in [-0.25, -0.2) is 17.8 Å². The van der Waals surface area contributed by atoms with E-state index >= 15 is 4.39 Å². The van der Waals surface area contributed by atoms with Gasteiger partial charge < -0.3 is 25.2 Å². The zero-order valence-electron chi connectivity index (χ0n) is 19.4. The number of nitrogens with zero attached hydrogens (tertiary/aromatic N) is 2. The molecule has 1 atom stereocenters. The van der Waals surface area contributed by atoms with Gasteiger partial charge in [0.15, 0.2) is 5.82 Å². The first kappa shape index (κ1) is 25.3. The van der Waals surface area contributed by atoms with Gasteiger partial charge in [0.25, 0.3) is 0 Å². The van der Waals surface area contributed by atoms with E-state index in [1.807, 2.05) is 5.32 Å². The normalized spacial score (nSPS) is 20.4. The molecule has 1 spiro atoms. The standard InChI is InChI=1S/C22H21BF6N4O4/c1-9-16-13(18(34)11(19(35)37-23(28)29)6-33(16)10-2-3-10)15(30)14(24)17(9)32-7-12(21(8-32)4-5-21)31-20(36)22(25,26)27/h6,10,12H,2-5,7-8,30H2,1H3,(H,31,36)/t12-/m1/s1. The number of benzene rings is 1. The Morgan fingerprint density at radius 3 is 2.43 bits per heavy atom. The number of rotatable bonds is 5. The van der Waals surface area contributed by atoms with E-state index in [4.69, 9.17) is 5.73 Å². The summed E-state index contributed by atoms with van der Waals surface area (Å²) in [4.78, 5) is 38.4. The van der Waals surface area contributed by atoms with Crippen molar-refractivity contribution in [2.24, 2.45) is 5.41 Å². The van der Waals surface area contributed by atoms with Crippen molar-refractivity contribution >= 4 is 41.6 Å². The molecule has 8 nitrogen and oxygen atoms in total. The van der Waals surface area contributed by atoms with Crippen molar-refractivity contribution in [3.8, 4) is 0 Å². The van der Waals surface area contributed by atoms with Crippen molar-refractivity contribution in [1.82, 2.24) is 9.88 Å². The summed E-state index contributed by atoms with van der Waals surface area (Å²) in [6.07, 6.45) is -1.60. The summed E-state index contributed by atoms with van der Waals surface area (Å²) in [5.41, 5.74) is 3.40. The first-order valence-corrected chi connectivity index (χ1v) is 11.5. The minimum atomic E-state index is -5.07. The van der Waals surface area contributed by atoms with Gasteiger partial charge in [-0.2, -0.15) is 13.2 Å². The monoisotopic (exact) mass is 530 g/mol. The zero-order valence-corrected chi connectivity index (χ0v) is 19.4. The van der Waals surface area contributed by atoms with Crippen molar-refractivity contribution in [1.29, 1.82) is 0 Å². The van der Waals surface area contributed by atoms with Gasteiger partial charge in [-0.3, -0.25) is 9.59 Å². The highest BCUT2D eigenvalue weighted by Crippen LogP contribution is 2.55. The van der Waals surface area contributed by atoms with E-state index in [-0.39, 0.29) is 41.3 Å². The van der Waals surface area contributed by atoms with Crippen LogP contribution in [0.2, 0.25) is 0 Å². The zero-order chi connectivity index (χ0) is 27.0. The second-order valence-electron chi connectivity index (χ2n) is 9.87. The van der Waals surface area contributed by atoms with E-state index in [0.29, 0.717) is 25.7 Å². The molecule has 2 aliphatic carbocycles. The molecule has 1 amide bonds. The fraction of sp³-hybridized carbons (Fsp3) is 0.500. The van der Waals surface area contributed by atoms with E-state index in [1.54, 1.807) is 0 Å². The Morgan fingerprint density at radius 2 is 1.89 bits per heavy atom. The summed E-state index contributed by atoms with van der Waals surface area (Å²) in [7, 11) is -3.47. The Hall–Kier alpha value is -3.39. The van der Waals surface area contributed by atoms with E-state index in [0.717, 1.165) is 6.20 Å². The number of fused-ring (bicyclic) bond motifs is 1. The second kappa shape index (κ2) is 8.31. The lowest BCUT2D eigenvalue weighted by Gasteiger charge is -2.26. The number of halogens is 6. The number of nitrogens with two attached hydrogens (primary N) is 1. The Kier molecular flexibility index (Phi) is 5.68. The van der Waals surface area contributed by atoms with Crippen LogP contribution in [0.1, 0.15) is 47.6 Å². The third-order valence-electron chi connectivity index (χ3n) is 7.43. The maximum absolute atomic E-state index is 15.7. The third-order valence-corrected chi connectivity index (χ3v) is 7.43. The van der Waals surface area contributed by atoms with Crippen LogP contribution >= 0.6 is 0 Å². The molecule has 3 N–H and O–H groups in total. The lowest BCUT2D eigenvalue weighted by molar-refractivity contribution is -0.174. The van der Waals surface area contributed by atoms with Crippen molar-refractivity contribution in [3.05, 3.63) is 33.4 Å². The van der Waals surface area contributed by atoms with Crippen LogP contribution in [0, 0.1) is 18.2 Å². The number of hydrogen-bond acceptors (Lipinski definition) is 6. The molecule has 0 bridgehead atoms. The van der Waals surface area contributed by atoms with Crippen molar-refractivity contribution < 1.29 is 40.4 Å². The smallest absolute Gasteiger partial charge is 0.474 e. The largest absolute Gasteiger partial charge is 0.798 e. The van der Waals surface area contributed by atoms with Gasteiger partial charge in [-0.15, -0.1) is 0 Å². The average Bonchev–Trinajstić information content (AvgIpc) is 3.70. The highest BCUT2D eigenvalue weighted by Gasteiger charge is 2.57. The number of aromatic nitrogens is 1. The Morgan fingerprint density at radius 1 is 1.24 bits per heavy atom. The van der Waals surface area contributed by atoms with Crippen LogP contribution in [0.15, 0.2) is 11.0 Å². The van der Waals surface area contributed by atoms with Gasteiger partial charge in [-0.05, 0) is 38.2 Å². The van der Waals surface area contributed by atoms with Crippen LogP contribution in [0.3, 0.4) is 0 Å². The molecule has 5 rings (SSSR count). The number of alkyl halides is 3.